The van der Waals surface area contributed by atoms with Crippen molar-refractivity contribution in [2.45, 2.75) is 12.5 Å². The molecule has 2 aromatic carbocycles. The van der Waals surface area contributed by atoms with Crippen LogP contribution in [0.15, 0.2) is 48.0 Å². The number of aliphatic hydroxyl groups is 1. The number of likely N-dealkylation sites (tertiary alicyclic amines) is 1. The number of rotatable bonds is 6. The van der Waals surface area contributed by atoms with Crippen LogP contribution in [0, 0.1) is 0 Å². The van der Waals surface area contributed by atoms with Crippen LogP contribution in [0.5, 0.6) is 11.5 Å². The molecule has 0 bridgehead atoms. The highest BCUT2D eigenvalue weighted by Crippen LogP contribution is 2.43. The van der Waals surface area contributed by atoms with Gasteiger partial charge in [0, 0.05) is 31.2 Å². The Hall–Kier alpha value is -3.32. The molecule has 1 amide bonds. The van der Waals surface area contributed by atoms with E-state index in [9.17, 15) is 14.7 Å². The van der Waals surface area contributed by atoms with Crippen molar-refractivity contribution >= 4 is 17.4 Å². The minimum absolute atomic E-state index is 0.0412. The summed E-state index contributed by atoms with van der Waals surface area (Å²) in [6, 6.07) is 11.7. The Labute approximate surface area is 174 Å². The van der Waals surface area contributed by atoms with E-state index in [1.54, 1.807) is 36.4 Å². The molecule has 2 heterocycles. The van der Waals surface area contributed by atoms with Crippen molar-refractivity contribution < 1.29 is 28.9 Å². The fourth-order valence-electron chi connectivity index (χ4n) is 4.01. The average molecular weight is 409 g/mol. The van der Waals surface area contributed by atoms with Crippen molar-refractivity contribution in [2.24, 2.45) is 0 Å². The first-order valence-electron chi connectivity index (χ1n) is 9.73. The summed E-state index contributed by atoms with van der Waals surface area (Å²) in [7, 11) is 3.06. The van der Waals surface area contributed by atoms with Crippen molar-refractivity contribution in [1.29, 1.82) is 0 Å². The lowest BCUT2D eigenvalue weighted by Gasteiger charge is -2.26. The van der Waals surface area contributed by atoms with Gasteiger partial charge in [0.25, 0.3) is 11.7 Å². The Kier molecular flexibility index (Phi) is 5.46. The number of Topliss-reactive ketones (excluding diaryl/α,β-unsaturated/α-hetero) is 1. The maximum atomic E-state index is 13.0. The number of benzene rings is 2. The van der Waals surface area contributed by atoms with Crippen LogP contribution in [-0.4, -0.2) is 55.7 Å². The topological polar surface area (TPSA) is 85.3 Å². The zero-order valence-corrected chi connectivity index (χ0v) is 16.9. The summed E-state index contributed by atoms with van der Waals surface area (Å²) in [5, 5.41) is 11.1. The second-order valence-corrected chi connectivity index (χ2v) is 7.15. The number of carbonyl (C=O) groups is 2. The Bertz CT molecular complexity index is 1030. The maximum Gasteiger partial charge on any atom is 0.295 e. The third-order valence-corrected chi connectivity index (χ3v) is 5.47. The second-order valence-electron chi connectivity index (χ2n) is 7.15. The molecule has 1 N–H and O–H groups in total. The summed E-state index contributed by atoms with van der Waals surface area (Å²) in [5.41, 5.74) is 2.10. The van der Waals surface area contributed by atoms with Crippen LogP contribution >= 0.6 is 0 Å². The van der Waals surface area contributed by atoms with Gasteiger partial charge in [0.1, 0.15) is 17.3 Å². The predicted octanol–water partition coefficient (Wildman–Crippen LogP) is 2.70. The van der Waals surface area contributed by atoms with Gasteiger partial charge in [-0.25, -0.2) is 0 Å². The number of carbonyl (C=O) groups excluding carboxylic acids is 2. The van der Waals surface area contributed by atoms with Gasteiger partial charge in [0.2, 0.25) is 0 Å². The molecular weight excluding hydrogens is 386 g/mol. The fourth-order valence-corrected chi connectivity index (χ4v) is 4.01. The quantitative estimate of drug-likeness (QED) is 0.449. The zero-order valence-electron chi connectivity index (χ0n) is 16.9. The first-order chi connectivity index (χ1) is 14.6. The van der Waals surface area contributed by atoms with E-state index in [1.165, 1.54) is 19.1 Å². The highest BCUT2D eigenvalue weighted by Gasteiger charge is 2.46. The van der Waals surface area contributed by atoms with Crippen LogP contribution in [0.3, 0.4) is 0 Å². The molecule has 1 fully saturated rings. The van der Waals surface area contributed by atoms with Crippen LogP contribution < -0.4 is 9.47 Å². The number of methoxy groups -OCH3 is 2. The summed E-state index contributed by atoms with van der Waals surface area (Å²) >= 11 is 0. The third-order valence-electron chi connectivity index (χ3n) is 5.47. The molecule has 1 unspecified atom stereocenters. The maximum absolute atomic E-state index is 13.0. The van der Waals surface area contributed by atoms with Crippen molar-refractivity contribution in [2.75, 3.05) is 34.0 Å². The van der Waals surface area contributed by atoms with Crippen LogP contribution in [0.2, 0.25) is 0 Å². The smallest absolute Gasteiger partial charge is 0.295 e. The van der Waals surface area contributed by atoms with Gasteiger partial charge >= 0.3 is 0 Å². The van der Waals surface area contributed by atoms with E-state index in [2.05, 4.69) is 0 Å². The van der Waals surface area contributed by atoms with E-state index >= 15 is 0 Å². The Morgan fingerprint density at radius 3 is 2.77 bits per heavy atom. The highest BCUT2D eigenvalue weighted by molar-refractivity contribution is 6.46. The normalized spacial score (nSPS) is 19.7. The molecule has 4 rings (SSSR count). The Morgan fingerprint density at radius 2 is 2.00 bits per heavy atom. The monoisotopic (exact) mass is 409 g/mol. The van der Waals surface area contributed by atoms with E-state index in [4.69, 9.17) is 14.2 Å². The number of amides is 1. The summed E-state index contributed by atoms with van der Waals surface area (Å²) in [6.45, 7) is 1.05. The fraction of sp³-hybridized carbons (Fsp3) is 0.304. The van der Waals surface area contributed by atoms with Crippen molar-refractivity contribution in [1.82, 2.24) is 4.90 Å². The summed E-state index contributed by atoms with van der Waals surface area (Å²) < 4.78 is 16.1. The molecule has 1 atom stereocenters. The summed E-state index contributed by atoms with van der Waals surface area (Å²) in [6.07, 6.45) is 0.731. The molecule has 0 spiro atoms. The molecule has 156 valence electrons. The molecule has 2 aromatic rings. The van der Waals surface area contributed by atoms with Crippen molar-refractivity contribution in [3.63, 3.8) is 0 Å². The van der Waals surface area contributed by atoms with Gasteiger partial charge < -0.3 is 24.2 Å². The lowest BCUT2D eigenvalue weighted by Crippen LogP contribution is -2.32. The molecule has 0 radical (unpaired) electrons. The van der Waals surface area contributed by atoms with E-state index in [0.717, 1.165) is 17.7 Å². The molecule has 0 aliphatic carbocycles. The van der Waals surface area contributed by atoms with E-state index in [-0.39, 0.29) is 24.5 Å². The number of para-hydroxylation sites is 1. The van der Waals surface area contributed by atoms with Crippen LogP contribution in [-0.2, 0) is 20.7 Å². The standard InChI is InChI=1S/C23H23NO6/c1-28-12-10-24-20(16-5-3-4-6-18(16)29-2)19(22(26)23(24)27)21(25)15-7-8-17-14(13-15)9-11-30-17/h3-8,13,20,25H,9-12H2,1-2H3/b21-19+. The largest absolute Gasteiger partial charge is 0.507 e. The molecule has 0 saturated carbocycles. The Balaban J connectivity index is 1.87. The second kappa shape index (κ2) is 8.20. The number of fused-ring (bicyclic) bond motifs is 1. The average Bonchev–Trinajstić information content (AvgIpc) is 3.34. The molecular formula is C23H23NO6. The number of hydrogen-bond donors (Lipinski definition) is 1. The van der Waals surface area contributed by atoms with Gasteiger partial charge in [-0.15, -0.1) is 0 Å². The van der Waals surface area contributed by atoms with Gasteiger partial charge in [-0.1, -0.05) is 18.2 Å². The SMILES string of the molecule is COCCN1C(=O)C(=O)/C(=C(/O)c2ccc3c(c2)CCO3)C1c1ccccc1OC. The predicted molar refractivity (Wildman–Crippen MR) is 110 cm³/mol. The van der Waals surface area contributed by atoms with Gasteiger partial charge in [0.15, 0.2) is 0 Å². The van der Waals surface area contributed by atoms with Crippen molar-refractivity contribution in [3.05, 3.63) is 64.7 Å². The molecule has 30 heavy (non-hydrogen) atoms. The minimum atomic E-state index is -0.777. The number of hydrogen-bond acceptors (Lipinski definition) is 6. The van der Waals surface area contributed by atoms with Gasteiger partial charge in [-0.3, -0.25) is 9.59 Å². The molecule has 2 aliphatic rings. The van der Waals surface area contributed by atoms with E-state index in [0.29, 0.717) is 23.5 Å². The van der Waals surface area contributed by atoms with Gasteiger partial charge in [0.05, 0.1) is 31.9 Å². The Morgan fingerprint density at radius 1 is 1.20 bits per heavy atom. The summed E-state index contributed by atoms with van der Waals surface area (Å²) in [4.78, 5) is 27.3. The van der Waals surface area contributed by atoms with Crippen LogP contribution in [0.4, 0.5) is 0 Å². The molecule has 0 aromatic heterocycles. The number of ether oxygens (including phenoxy) is 3. The van der Waals surface area contributed by atoms with E-state index < -0.39 is 17.7 Å². The molecule has 7 nitrogen and oxygen atoms in total. The number of nitrogens with zero attached hydrogens (tertiary/aromatic N) is 1. The molecule has 2 aliphatic heterocycles. The summed E-state index contributed by atoms with van der Waals surface area (Å²) in [5.74, 6) is -0.308. The molecule has 1 saturated heterocycles. The van der Waals surface area contributed by atoms with Crippen LogP contribution in [0.1, 0.15) is 22.7 Å². The number of ketones is 1. The third kappa shape index (κ3) is 3.31. The van der Waals surface area contributed by atoms with Gasteiger partial charge in [-0.05, 0) is 29.8 Å². The zero-order chi connectivity index (χ0) is 21.3. The van der Waals surface area contributed by atoms with Crippen LogP contribution in [0.25, 0.3) is 5.76 Å². The molecule has 7 heteroatoms. The first-order valence-corrected chi connectivity index (χ1v) is 9.73. The highest BCUT2D eigenvalue weighted by atomic mass is 16.5. The van der Waals surface area contributed by atoms with Crippen molar-refractivity contribution in [3.8, 4) is 11.5 Å². The lowest BCUT2D eigenvalue weighted by atomic mass is 9.94. The van der Waals surface area contributed by atoms with E-state index in [1.807, 2.05) is 6.07 Å². The first kappa shape index (κ1) is 20.0. The van der Waals surface area contributed by atoms with Gasteiger partial charge in [-0.2, -0.15) is 0 Å². The lowest BCUT2D eigenvalue weighted by molar-refractivity contribution is -0.140. The minimum Gasteiger partial charge on any atom is -0.507 e. The number of aliphatic hydroxyl groups excluding tert-OH is 1.